The molecule has 2 nitrogen and oxygen atoms in total. The molecule has 0 aliphatic heterocycles. The highest BCUT2D eigenvalue weighted by Gasteiger charge is 1.98. The molecular weight excluding hydrogens is 202 g/mol. The first-order valence-electron chi connectivity index (χ1n) is 3.70. The van der Waals surface area contributed by atoms with Gasteiger partial charge in [0.15, 0.2) is 5.78 Å². The molecule has 0 aliphatic rings. The highest BCUT2D eigenvalue weighted by molar-refractivity contribution is 8.11. The fourth-order valence-electron chi connectivity index (χ4n) is 0.912. The molecule has 0 bridgehead atoms. The number of Topliss-reactive ketones (excluding diaryl/α,β-unsaturated/α-hetero) is 1. The Morgan fingerprint density at radius 1 is 1.38 bits per heavy atom. The van der Waals surface area contributed by atoms with E-state index in [0.717, 1.165) is 5.69 Å². The highest BCUT2D eigenvalue weighted by atomic mass is 32.1. The number of thiocarbonyl (C=S) groups is 1. The molecular formula is C9H9NOS2. The van der Waals surface area contributed by atoms with E-state index in [1.165, 1.54) is 6.92 Å². The number of carbonyl (C=O) groups excluding carboxylic acids is 1. The maximum atomic E-state index is 10.9. The minimum atomic E-state index is 0.0556. The summed E-state index contributed by atoms with van der Waals surface area (Å²) in [5.74, 6) is 0.0556. The van der Waals surface area contributed by atoms with E-state index in [2.05, 4.69) is 17.9 Å². The van der Waals surface area contributed by atoms with Gasteiger partial charge in [-0.25, -0.2) is 0 Å². The number of thiol groups is 1. The summed E-state index contributed by atoms with van der Waals surface area (Å²) in [4.78, 5) is 10.9. The molecule has 0 saturated carbocycles. The molecule has 0 fully saturated rings. The molecule has 1 N–H and O–H groups in total. The zero-order chi connectivity index (χ0) is 9.84. The van der Waals surface area contributed by atoms with Crippen LogP contribution in [0, 0.1) is 0 Å². The normalized spacial score (nSPS) is 9.38. The minimum Gasteiger partial charge on any atom is -0.341 e. The molecule has 0 amide bonds. The van der Waals surface area contributed by atoms with Crippen molar-refractivity contribution in [2.75, 3.05) is 5.32 Å². The fraction of sp³-hybridized carbons (Fsp3) is 0.111. The molecule has 0 aromatic heterocycles. The number of hydrogen-bond acceptors (Lipinski definition) is 2. The Bertz CT molecular complexity index is 332. The Kier molecular flexibility index (Phi) is 3.45. The molecule has 0 spiro atoms. The molecule has 0 saturated heterocycles. The first kappa shape index (κ1) is 10.2. The number of nitrogens with one attached hydrogen (secondary N) is 1. The summed E-state index contributed by atoms with van der Waals surface area (Å²) in [5, 5.41) is 2.86. The number of rotatable bonds is 2. The fourth-order valence-corrected chi connectivity index (χ4v) is 1.16. The van der Waals surface area contributed by atoms with E-state index in [1.54, 1.807) is 24.3 Å². The van der Waals surface area contributed by atoms with E-state index < -0.39 is 0 Å². The summed E-state index contributed by atoms with van der Waals surface area (Å²) in [6.07, 6.45) is 0. The lowest BCUT2D eigenvalue weighted by Crippen LogP contribution is -2.01. The molecule has 68 valence electrons. The van der Waals surface area contributed by atoms with Crippen LogP contribution in [0.3, 0.4) is 0 Å². The van der Waals surface area contributed by atoms with Crippen LogP contribution < -0.4 is 5.32 Å². The van der Waals surface area contributed by atoms with Crippen molar-refractivity contribution in [2.45, 2.75) is 6.92 Å². The van der Waals surface area contributed by atoms with Gasteiger partial charge in [0.25, 0.3) is 0 Å². The monoisotopic (exact) mass is 211 g/mol. The first-order chi connectivity index (χ1) is 6.09. The van der Waals surface area contributed by atoms with Gasteiger partial charge in [-0.05, 0) is 31.2 Å². The largest absolute Gasteiger partial charge is 0.341 e. The minimum absolute atomic E-state index is 0.0556. The number of benzene rings is 1. The summed E-state index contributed by atoms with van der Waals surface area (Å²) in [7, 11) is 0. The van der Waals surface area contributed by atoms with Crippen LogP contribution in [0.4, 0.5) is 5.69 Å². The second-order valence-electron chi connectivity index (χ2n) is 2.56. The molecule has 0 atom stereocenters. The third-order valence-electron chi connectivity index (χ3n) is 1.54. The molecule has 0 radical (unpaired) electrons. The topological polar surface area (TPSA) is 29.1 Å². The first-order valence-corrected chi connectivity index (χ1v) is 4.56. The summed E-state index contributed by atoms with van der Waals surface area (Å²) in [5.41, 5.74) is 1.53. The van der Waals surface area contributed by atoms with Crippen LogP contribution in [-0.2, 0) is 0 Å². The van der Waals surface area contributed by atoms with Crippen molar-refractivity contribution in [3.63, 3.8) is 0 Å². The summed E-state index contributed by atoms with van der Waals surface area (Å²) < 4.78 is 0.413. The van der Waals surface area contributed by atoms with Gasteiger partial charge in [0.2, 0.25) is 0 Å². The Hall–Kier alpha value is -0.870. The van der Waals surface area contributed by atoms with E-state index in [9.17, 15) is 4.79 Å². The highest BCUT2D eigenvalue weighted by Crippen LogP contribution is 2.10. The van der Waals surface area contributed by atoms with Gasteiger partial charge in [-0.15, -0.1) is 12.6 Å². The van der Waals surface area contributed by atoms with Crippen LogP contribution in [0.2, 0.25) is 0 Å². The van der Waals surface area contributed by atoms with E-state index in [1.807, 2.05) is 0 Å². The van der Waals surface area contributed by atoms with Gasteiger partial charge in [-0.2, -0.15) is 0 Å². The van der Waals surface area contributed by atoms with Crippen molar-refractivity contribution in [1.29, 1.82) is 0 Å². The summed E-state index contributed by atoms with van der Waals surface area (Å²) in [6, 6.07) is 7.08. The van der Waals surface area contributed by atoms with Crippen LogP contribution >= 0.6 is 24.8 Å². The molecule has 0 heterocycles. The lowest BCUT2D eigenvalue weighted by Gasteiger charge is -2.02. The van der Waals surface area contributed by atoms with Gasteiger partial charge in [-0.3, -0.25) is 4.79 Å². The Labute approximate surface area is 87.8 Å². The van der Waals surface area contributed by atoms with Crippen molar-refractivity contribution < 1.29 is 4.79 Å². The van der Waals surface area contributed by atoms with Crippen molar-refractivity contribution in [3.05, 3.63) is 29.8 Å². The molecule has 13 heavy (non-hydrogen) atoms. The predicted octanol–water partition coefficient (Wildman–Crippen LogP) is 2.52. The second kappa shape index (κ2) is 4.39. The number of anilines is 1. The quantitative estimate of drug-likeness (QED) is 0.447. The van der Waals surface area contributed by atoms with Gasteiger partial charge in [-0.1, -0.05) is 12.2 Å². The van der Waals surface area contributed by atoms with Gasteiger partial charge < -0.3 is 5.32 Å². The van der Waals surface area contributed by atoms with Gasteiger partial charge in [0.05, 0.1) is 0 Å². The van der Waals surface area contributed by atoms with E-state index in [0.29, 0.717) is 9.88 Å². The average molecular weight is 211 g/mol. The third-order valence-corrected chi connectivity index (χ3v) is 1.76. The Morgan fingerprint density at radius 2 is 1.92 bits per heavy atom. The molecule has 1 aromatic carbocycles. The number of hydrogen-bond donors (Lipinski definition) is 2. The summed E-state index contributed by atoms with van der Waals surface area (Å²) >= 11 is 8.68. The molecule has 1 rings (SSSR count). The zero-order valence-electron chi connectivity index (χ0n) is 7.07. The Morgan fingerprint density at radius 3 is 2.31 bits per heavy atom. The van der Waals surface area contributed by atoms with Crippen molar-refractivity contribution in [1.82, 2.24) is 0 Å². The number of carbonyl (C=O) groups is 1. The smallest absolute Gasteiger partial charge is 0.159 e. The van der Waals surface area contributed by atoms with Crippen LogP contribution in [0.25, 0.3) is 0 Å². The van der Waals surface area contributed by atoms with Gasteiger partial charge in [0.1, 0.15) is 4.32 Å². The van der Waals surface area contributed by atoms with Gasteiger partial charge >= 0.3 is 0 Å². The predicted molar refractivity (Wildman–Crippen MR) is 61.7 cm³/mol. The van der Waals surface area contributed by atoms with Crippen molar-refractivity contribution >= 4 is 40.6 Å². The van der Waals surface area contributed by atoms with E-state index in [-0.39, 0.29) is 5.78 Å². The van der Waals surface area contributed by atoms with Crippen LogP contribution in [0.15, 0.2) is 24.3 Å². The molecule has 0 aliphatic carbocycles. The molecule has 1 aromatic rings. The van der Waals surface area contributed by atoms with Crippen molar-refractivity contribution in [2.24, 2.45) is 0 Å². The second-order valence-corrected chi connectivity index (χ2v) is 3.72. The Balaban J connectivity index is 2.81. The van der Waals surface area contributed by atoms with Crippen LogP contribution in [0.1, 0.15) is 17.3 Å². The third kappa shape index (κ3) is 3.16. The lowest BCUT2D eigenvalue weighted by atomic mass is 10.1. The maximum absolute atomic E-state index is 10.9. The van der Waals surface area contributed by atoms with Crippen molar-refractivity contribution in [3.8, 4) is 0 Å². The van der Waals surface area contributed by atoms with E-state index in [4.69, 9.17) is 12.2 Å². The lowest BCUT2D eigenvalue weighted by molar-refractivity contribution is 0.101. The summed E-state index contributed by atoms with van der Waals surface area (Å²) in [6.45, 7) is 1.53. The molecule has 0 unspecified atom stereocenters. The van der Waals surface area contributed by atoms with Crippen LogP contribution in [-0.4, -0.2) is 10.1 Å². The maximum Gasteiger partial charge on any atom is 0.159 e. The SMILES string of the molecule is CC(=O)c1ccc(NC(=S)S)cc1. The number of ketones is 1. The average Bonchev–Trinajstić information content (AvgIpc) is 2.04. The van der Waals surface area contributed by atoms with Gasteiger partial charge in [0, 0.05) is 11.3 Å². The van der Waals surface area contributed by atoms with E-state index >= 15 is 0 Å². The zero-order valence-corrected chi connectivity index (χ0v) is 8.78. The standard InChI is InChI=1S/C9H9NOS2/c1-6(11)7-2-4-8(5-3-7)10-9(12)13/h2-5H,1H3,(H2,10,12,13). The van der Waals surface area contributed by atoms with Crippen LogP contribution in [0.5, 0.6) is 0 Å². The molecule has 4 heteroatoms.